The van der Waals surface area contributed by atoms with Crippen LogP contribution < -0.4 is 15.4 Å². The van der Waals surface area contributed by atoms with Gasteiger partial charge in [0.1, 0.15) is 5.75 Å². The number of thioether (sulfide) groups is 1. The highest BCUT2D eigenvalue weighted by Gasteiger charge is 2.07. The van der Waals surface area contributed by atoms with Crippen molar-refractivity contribution >= 4 is 34.8 Å². The highest BCUT2D eigenvalue weighted by atomic mass is 32.2. The number of benzene rings is 3. The largest absolute Gasteiger partial charge is 0.497 e. The summed E-state index contributed by atoms with van der Waals surface area (Å²) in [7, 11) is 1.67. The van der Waals surface area contributed by atoms with Gasteiger partial charge in [0.05, 0.1) is 13.2 Å². The molecule has 2 N–H and O–H groups in total. The molecule has 0 saturated carbocycles. The molecule has 1 atom stereocenters. The lowest BCUT2D eigenvalue weighted by Gasteiger charge is -2.18. The molecule has 0 saturated heterocycles. The van der Waals surface area contributed by atoms with Crippen LogP contribution in [-0.2, 0) is 5.75 Å². The minimum Gasteiger partial charge on any atom is -0.497 e. The first-order valence-electron chi connectivity index (χ1n) is 9.12. The van der Waals surface area contributed by atoms with Gasteiger partial charge in [-0.15, -0.1) is 11.8 Å². The summed E-state index contributed by atoms with van der Waals surface area (Å²) in [6, 6.07) is 26.9. The average Bonchev–Trinajstić information content (AvgIpc) is 2.74. The molecule has 0 fully saturated rings. The normalized spacial score (nSPS) is 11.5. The molecule has 0 aliphatic heterocycles. The van der Waals surface area contributed by atoms with E-state index in [2.05, 4.69) is 66.1 Å². The maximum absolute atomic E-state index is 5.46. The molecule has 0 amide bonds. The van der Waals surface area contributed by atoms with Crippen molar-refractivity contribution < 1.29 is 4.74 Å². The van der Waals surface area contributed by atoms with Gasteiger partial charge in [-0.25, -0.2) is 0 Å². The minimum atomic E-state index is 0.104. The second kappa shape index (κ2) is 10.2. The van der Waals surface area contributed by atoms with Crippen LogP contribution in [0.2, 0.25) is 0 Å². The van der Waals surface area contributed by atoms with Crippen molar-refractivity contribution in [2.24, 2.45) is 0 Å². The zero-order valence-electron chi connectivity index (χ0n) is 16.0. The van der Waals surface area contributed by atoms with Crippen molar-refractivity contribution in [3.8, 4) is 5.75 Å². The fourth-order valence-electron chi connectivity index (χ4n) is 2.71. The fraction of sp³-hybridized carbons (Fsp3) is 0.174. The zero-order chi connectivity index (χ0) is 19.8. The molecular weight excluding hydrogens is 384 g/mol. The van der Waals surface area contributed by atoms with Gasteiger partial charge in [-0.3, -0.25) is 0 Å². The van der Waals surface area contributed by atoms with Gasteiger partial charge in [-0.1, -0.05) is 42.5 Å². The second-order valence-corrected chi connectivity index (χ2v) is 7.85. The second-order valence-electron chi connectivity index (χ2n) is 6.39. The highest BCUT2D eigenvalue weighted by molar-refractivity contribution is 7.98. The molecule has 0 radical (unpaired) electrons. The Balaban J connectivity index is 1.49. The third-order valence-electron chi connectivity index (χ3n) is 4.32. The Morgan fingerprint density at radius 1 is 0.964 bits per heavy atom. The molecule has 0 spiro atoms. The maximum atomic E-state index is 5.46. The van der Waals surface area contributed by atoms with Crippen LogP contribution in [0.15, 0.2) is 83.8 Å². The predicted octanol–water partition coefficient (Wildman–Crippen LogP) is 6.04. The van der Waals surface area contributed by atoms with Crippen LogP contribution in [0, 0.1) is 0 Å². The number of thiocarbonyl (C=S) groups is 1. The van der Waals surface area contributed by atoms with Crippen LogP contribution in [-0.4, -0.2) is 12.2 Å². The molecule has 3 aromatic carbocycles. The summed E-state index contributed by atoms with van der Waals surface area (Å²) in [5, 5.41) is 7.18. The van der Waals surface area contributed by atoms with E-state index in [0.717, 1.165) is 22.8 Å². The van der Waals surface area contributed by atoms with Gasteiger partial charge in [-0.05, 0) is 66.7 Å². The Hall–Kier alpha value is -2.50. The standard InChI is InChI=1S/C23H24N2OS2/c1-17(19-10-14-21(26-2)15-11-19)24-23(27)25-20-12-8-18(9-13-20)16-28-22-6-4-3-5-7-22/h3-15,17H,16H2,1-2H3,(H2,24,25,27). The lowest BCUT2D eigenvalue weighted by Crippen LogP contribution is -2.30. The predicted molar refractivity (Wildman–Crippen MR) is 123 cm³/mol. The molecule has 28 heavy (non-hydrogen) atoms. The lowest BCUT2D eigenvalue weighted by atomic mass is 10.1. The van der Waals surface area contributed by atoms with E-state index >= 15 is 0 Å². The molecule has 144 valence electrons. The Morgan fingerprint density at radius 2 is 1.64 bits per heavy atom. The Bertz CT molecular complexity index is 881. The van der Waals surface area contributed by atoms with Crippen LogP contribution in [0.3, 0.4) is 0 Å². The first kappa shape index (κ1) is 20.2. The summed E-state index contributed by atoms with van der Waals surface area (Å²) in [5.74, 6) is 1.80. The first-order chi connectivity index (χ1) is 13.6. The molecule has 0 aromatic heterocycles. The number of nitrogens with one attached hydrogen (secondary N) is 2. The summed E-state index contributed by atoms with van der Waals surface area (Å²) in [5.41, 5.74) is 3.41. The molecule has 0 aliphatic carbocycles. The maximum Gasteiger partial charge on any atom is 0.171 e. The number of anilines is 1. The summed E-state index contributed by atoms with van der Waals surface area (Å²) >= 11 is 7.29. The van der Waals surface area contributed by atoms with Gasteiger partial charge in [0.25, 0.3) is 0 Å². The molecule has 0 heterocycles. The Kier molecular flexibility index (Phi) is 7.34. The summed E-state index contributed by atoms with van der Waals surface area (Å²) < 4.78 is 5.20. The fourth-order valence-corrected chi connectivity index (χ4v) is 3.88. The van der Waals surface area contributed by atoms with E-state index in [9.17, 15) is 0 Å². The lowest BCUT2D eigenvalue weighted by molar-refractivity contribution is 0.414. The Labute approximate surface area is 176 Å². The van der Waals surface area contributed by atoms with Crippen LogP contribution in [0.4, 0.5) is 5.69 Å². The van der Waals surface area contributed by atoms with Crippen LogP contribution in [0.5, 0.6) is 5.75 Å². The molecular formula is C23H24N2OS2. The average molecular weight is 409 g/mol. The Morgan fingerprint density at radius 3 is 2.29 bits per heavy atom. The summed E-state index contributed by atoms with van der Waals surface area (Å²) in [6.45, 7) is 2.08. The van der Waals surface area contributed by atoms with E-state index in [4.69, 9.17) is 17.0 Å². The van der Waals surface area contributed by atoms with E-state index in [0.29, 0.717) is 5.11 Å². The van der Waals surface area contributed by atoms with E-state index in [-0.39, 0.29) is 6.04 Å². The van der Waals surface area contributed by atoms with Gasteiger partial charge in [0.15, 0.2) is 5.11 Å². The van der Waals surface area contributed by atoms with Gasteiger partial charge >= 0.3 is 0 Å². The number of hydrogen-bond donors (Lipinski definition) is 2. The molecule has 0 bridgehead atoms. The zero-order valence-corrected chi connectivity index (χ0v) is 17.6. The molecule has 5 heteroatoms. The van der Waals surface area contributed by atoms with Gasteiger partial charge in [0.2, 0.25) is 0 Å². The molecule has 3 rings (SSSR count). The van der Waals surface area contributed by atoms with Crippen molar-refractivity contribution in [2.75, 3.05) is 12.4 Å². The number of rotatable bonds is 7. The van der Waals surface area contributed by atoms with Crippen LogP contribution in [0.25, 0.3) is 0 Å². The van der Waals surface area contributed by atoms with E-state index in [1.165, 1.54) is 10.5 Å². The van der Waals surface area contributed by atoms with E-state index in [1.54, 1.807) is 7.11 Å². The highest BCUT2D eigenvalue weighted by Crippen LogP contribution is 2.23. The van der Waals surface area contributed by atoms with Gasteiger partial charge < -0.3 is 15.4 Å². The summed E-state index contributed by atoms with van der Waals surface area (Å²) in [6.07, 6.45) is 0. The van der Waals surface area contributed by atoms with Crippen molar-refractivity contribution in [3.05, 3.63) is 90.0 Å². The van der Waals surface area contributed by atoms with Crippen molar-refractivity contribution in [1.82, 2.24) is 5.32 Å². The molecule has 1 unspecified atom stereocenters. The van der Waals surface area contributed by atoms with Crippen molar-refractivity contribution in [2.45, 2.75) is 23.6 Å². The van der Waals surface area contributed by atoms with Gasteiger partial charge in [0, 0.05) is 16.3 Å². The van der Waals surface area contributed by atoms with Gasteiger partial charge in [-0.2, -0.15) is 0 Å². The topological polar surface area (TPSA) is 33.3 Å². The molecule has 0 aliphatic rings. The molecule has 3 aromatic rings. The first-order valence-corrected chi connectivity index (χ1v) is 10.5. The molecule has 3 nitrogen and oxygen atoms in total. The third-order valence-corrected chi connectivity index (χ3v) is 5.63. The monoisotopic (exact) mass is 408 g/mol. The number of hydrogen-bond acceptors (Lipinski definition) is 3. The number of methoxy groups -OCH3 is 1. The smallest absolute Gasteiger partial charge is 0.171 e. The SMILES string of the molecule is COc1ccc(C(C)NC(=S)Nc2ccc(CSc3ccccc3)cc2)cc1. The third kappa shape index (κ3) is 6.01. The van der Waals surface area contributed by atoms with Crippen molar-refractivity contribution in [3.63, 3.8) is 0 Å². The van der Waals surface area contributed by atoms with E-state index < -0.39 is 0 Å². The number of ether oxygens (including phenoxy) is 1. The van der Waals surface area contributed by atoms with Crippen LogP contribution in [0.1, 0.15) is 24.1 Å². The minimum absolute atomic E-state index is 0.104. The van der Waals surface area contributed by atoms with Crippen molar-refractivity contribution in [1.29, 1.82) is 0 Å². The van der Waals surface area contributed by atoms with Crippen LogP contribution >= 0.6 is 24.0 Å². The van der Waals surface area contributed by atoms with E-state index in [1.807, 2.05) is 42.1 Å². The summed E-state index contributed by atoms with van der Waals surface area (Å²) in [4.78, 5) is 1.28. The quantitative estimate of drug-likeness (QED) is 0.368.